The molecule has 0 aliphatic heterocycles. The molecule has 0 bridgehead atoms. The molecule has 2 aromatic carbocycles. The molecule has 0 saturated heterocycles. The van der Waals surface area contributed by atoms with Crippen LogP contribution in [0.2, 0.25) is 5.02 Å². The Hall–Kier alpha value is -2.56. The van der Waals surface area contributed by atoms with Crippen molar-refractivity contribution in [2.45, 2.75) is 31.1 Å². The van der Waals surface area contributed by atoms with Crippen LogP contribution in [0.3, 0.4) is 0 Å². The summed E-state index contributed by atoms with van der Waals surface area (Å²) in [6.07, 6.45) is 2.76. The van der Waals surface area contributed by atoms with Crippen molar-refractivity contribution in [1.82, 2.24) is 10.2 Å². The fourth-order valence-corrected chi connectivity index (χ4v) is 4.54. The number of hydrogen-bond acceptors (Lipinski definition) is 6. The molecule has 0 atom stereocenters. The quantitative estimate of drug-likeness (QED) is 0.497. The zero-order chi connectivity index (χ0) is 21.7. The molecule has 30 heavy (non-hydrogen) atoms. The van der Waals surface area contributed by atoms with Gasteiger partial charge in [-0.2, -0.15) is 0 Å². The highest BCUT2D eigenvalue weighted by atomic mass is 35.5. The minimum absolute atomic E-state index is 0.0241. The van der Waals surface area contributed by atoms with Crippen LogP contribution in [0.15, 0.2) is 47.4 Å². The normalized spacial score (nSPS) is 11.3. The van der Waals surface area contributed by atoms with E-state index in [1.807, 2.05) is 0 Å². The minimum Gasteiger partial charge on any atom is -0.296 e. The van der Waals surface area contributed by atoms with Crippen molar-refractivity contribution < 1.29 is 17.6 Å². The third-order valence-electron chi connectivity index (χ3n) is 4.02. The molecule has 7 nitrogen and oxygen atoms in total. The zero-order valence-electron chi connectivity index (χ0n) is 15.9. The summed E-state index contributed by atoms with van der Waals surface area (Å²) in [6.45, 7) is 2.07. The van der Waals surface area contributed by atoms with Gasteiger partial charge >= 0.3 is 0 Å². The first-order valence-corrected chi connectivity index (χ1v) is 11.7. The molecule has 0 fully saturated rings. The molecular weight excluding hydrogens is 451 g/mol. The molecule has 11 heteroatoms. The summed E-state index contributed by atoms with van der Waals surface area (Å²) in [6, 6.07) is 8.62. The van der Waals surface area contributed by atoms with E-state index >= 15 is 0 Å². The molecule has 1 amide bonds. The fourth-order valence-electron chi connectivity index (χ4n) is 2.48. The monoisotopic (exact) mass is 468 g/mol. The van der Waals surface area contributed by atoms with Crippen LogP contribution in [0.5, 0.6) is 0 Å². The highest BCUT2D eigenvalue weighted by Crippen LogP contribution is 2.25. The third-order valence-corrected chi connectivity index (χ3v) is 6.63. The largest absolute Gasteiger partial charge is 0.296 e. The number of hydrogen-bond donors (Lipinski definition) is 2. The van der Waals surface area contributed by atoms with E-state index in [1.165, 1.54) is 41.7 Å². The Kier molecular flexibility index (Phi) is 7.01. The minimum atomic E-state index is -4.01. The van der Waals surface area contributed by atoms with Crippen LogP contribution < -0.4 is 10.0 Å². The molecule has 0 spiro atoms. The third kappa shape index (κ3) is 5.53. The van der Waals surface area contributed by atoms with Crippen molar-refractivity contribution in [2.24, 2.45) is 0 Å². The summed E-state index contributed by atoms with van der Waals surface area (Å²) >= 11 is 7.36. The molecule has 158 valence electrons. The second-order valence-corrected chi connectivity index (χ2v) is 9.46. The van der Waals surface area contributed by atoms with Crippen LogP contribution >= 0.6 is 22.9 Å². The van der Waals surface area contributed by atoms with E-state index < -0.39 is 21.7 Å². The van der Waals surface area contributed by atoms with Gasteiger partial charge in [0.25, 0.3) is 15.9 Å². The Labute approximate surface area is 182 Å². The Bertz CT molecular complexity index is 1150. The summed E-state index contributed by atoms with van der Waals surface area (Å²) < 4.78 is 40.6. The number of nitrogens with zero attached hydrogens (tertiary/aromatic N) is 2. The molecule has 1 heterocycles. The summed E-state index contributed by atoms with van der Waals surface area (Å²) in [5.74, 6) is -1.09. The van der Waals surface area contributed by atoms with Gasteiger partial charge in [0, 0.05) is 12.1 Å². The summed E-state index contributed by atoms with van der Waals surface area (Å²) in [5, 5.41) is 11.7. The van der Waals surface area contributed by atoms with E-state index in [4.69, 9.17) is 11.6 Å². The molecule has 0 unspecified atom stereocenters. The van der Waals surface area contributed by atoms with Gasteiger partial charge in [0.1, 0.15) is 10.8 Å². The van der Waals surface area contributed by atoms with E-state index in [0.29, 0.717) is 5.13 Å². The van der Waals surface area contributed by atoms with Crippen molar-refractivity contribution in [3.63, 3.8) is 0 Å². The van der Waals surface area contributed by atoms with Gasteiger partial charge < -0.3 is 0 Å². The Balaban J connectivity index is 1.79. The number of aryl methyl sites for hydroxylation is 1. The van der Waals surface area contributed by atoms with Crippen molar-refractivity contribution >= 4 is 49.7 Å². The number of carbonyl (C=O) groups excluding carboxylic acids is 1. The van der Waals surface area contributed by atoms with Crippen LogP contribution in [0.1, 0.15) is 35.1 Å². The lowest BCUT2D eigenvalue weighted by atomic mass is 10.2. The number of aromatic nitrogens is 2. The Morgan fingerprint density at radius 3 is 2.60 bits per heavy atom. The molecule has 2 N–H and O–H groups in total. The van der Waals surface area contributed by atoms with Crippen molar-refractivity contribution in [1.29, 1.82) is 0 Å². The zero-order valence-corrected chi connectivity index (χ0v) is 18.2. The van der Waals surface area contributed by atoms with Gasteiger partial charge in [-0.25, -0.2) is 12.8 Å². The fraction of sp³-hybridized carbons (Fsp3) is 0.211. The van der Waals surface area contributed by atoms with E-state index in [-0.39, 0.29) is 21.2 Å². The maximum Gasteiger partial charge on any atom is 0.261 e. The smallest absolute Gasteiger partial charge is 0.261 e. The summed E-state index contributed by atoms with van der Waals surface area (Å²) in [5.41, 5.74) is 0.162. The number of carbonyl (C=O) groups is 1. The van der Waals surface area contributed by atoms with E-state index in [0.717, 1.165) is 36.4 Å². The van der Waals surface area contributed by atoms with Gasteiger partial charge in [0.05, 0.1) is 15.5 Å². The predicted molar refractivity (Wildman–Crippen MR) is 115 cm³/mol. The average molecular weight is 469 g/mol. The molecule has 3 aromatic rings. The van der Waals surface area contributed by atoms with Crippen LogP contribution in [0.25, 0.3) is 0 Å². The molecule has 3 rings (SSSR count). The highest BCUT2D eigenvalue weighted by Gasteiger charge is 2.20. The molecule has 0 aliphatic carbocycles. The van der Waals surface area contributed by atoms with Gasteiger partial charge in [-0.15, -0.1) is 10.2 Å². The van der Waals surface area contributed by atoms with Crippen LogP contribution in [0, 0.1) is 5.82 Å². The average Bonchev–Trinajstić information content (AvgIpc) is 3.15. The van der Waals surface area contributed by atoms with Crippen LogP contribution in [-0.2, 0) is 16.4 Å². The number of sulfonamides is 1. The number of nitrogens with one attached hydrogen (secondary N) is 2. The van der Waals surface area contributed by atoms with E-state index in [2.05, 4.69) is 27.2 Å². The second-order valence-electron chi connectivity index (χ2n) is 6.31. The van der Waals surface area contributed by atoms with Gasteiger partial charge in [0.15, 0.2) is 0 Å². The number of halogens is 2. The van der Waals surface area contributed by atoms with E-state index in [9.17, 15) is 17.6 Å². The number of rotatable bonds is 8. The van der Waals surface area contributed by atoms with Crippen molar-refractivity contribution in [3.05, 3.63) is 63.9 Å². The second kappa shape index (κ2) is 9.50. The lowest BCUT2D eigenvalue weighted by Crippen LogP contribution is -2.16. The van der Waals surface area contributed by atoms with Crippen LogP contribution in [0.4, 0.5) is 15.2 Å². The standard InChI is InChI=1S/C19H18ClFN4O3S2/c1-2-3-4-17-23-24-19(29-17)22-18(26)15-11-14(9-10-16(15)20)30(27,28)25-13-7-5-12(21)6-8-13/h5-11,25H,2-4H2,1H3,(H,22,24,26). The van der Waals surface area contributed by atoms with Gasteiger partial charge in [-0.1, -0.05) is 36.3 Å². The number of anilines is 2. The maximum absolute atomic E-state index is 13.0. The van der Waals surface area contributed by atoms with Gasteiger partial charge in [-0.3, -0.25) is 14.8 Å². The molecule has 0 aliphatic rings. The number of amides is 1. The SMILES string of the molecule is CCCCc1nnc(NC(=O)c2cc(S(=O)(=O)Nc3ccc(F)cc3)ccc2Cl)s1. The first-order chi connectivity index (χ1) is 14.3. The van der Waals surface area contributed by atoms with Crippen molar-refractivity contribution in [2.75, 3.05) is 10.0 Å². The molecule has 1 aromatic heterocycles. The first kappa shape index (κ1) is 22.1. The van der Waals surface area contributed by atoms with Crippen LogP contribution in [-0.4, -0.2) is 24.5 Å². The molecular formula is C19H18ClFN4O3S2. The van der Waals surface area contributed by atoms with Gasteiger partial charge in [0.2, 0.25) is 5.13 Å². The van der Waals surface area contributed by atoms with Gasteiger partial charge in [-0.05, 0) is 48.9 Å². The lowest BCUT2D eigenvalue weighted by molar-refractivity contribution is 0.102. The highest BCUT2D eigenvalue weighted by molar-refractivity contribution is 7.92. The molecule has 0 radical (unpaired) electrons. The summed E-state index contributed by atoms with van der Waals surface area (Å²) in [7, 11) is -4.01. The van der Waals surface area contributed by atoms with E-state index in [1.54, 1.807) is 0 Å². The Morgan fingerprint density at radius 2 is 1.90 bits per heavy atom. The Morgan fingerprint density at radius 1 is 1.17 bits per heavy atom. The molecule has 0 saturated carbocycles. The van der Waals surface area contributed by atoms with Crippen molar-refractivity contribution in [3.8, 4) is 0 Å². The topological polar surface area (TPSA) is 101 Å². The number of unbranched alkanes of at least 4 members (excludes halogenated alkanes) is 1. The number of benzene rings is 2. The summed E-state index contributed by atoms with van der Waals surface area (Å²) in [4.78, 5) is 12.5. The maximum atomic E-state index is 13.0. The first-order valence-electron chi connectivity index (χ1n) is 9.00. The predicted octanol–water partition coefficient (Wildman–Crippen LogP) is 4.73. The lowest BCUT2D eigenvalue weighted by Gasteiger charge is -2.10.